The van der Waals surface area contributed by atoms with Gasteiger partial charge in [-0.3, -0.25) is 5.10 Å². The maximum absolute atomic E-state index is 5.91. The number of H-pyrrole nitrogens is 1. The highest BCUT2D eigenvalue weighted by Crippen LogP contribution is 2.36. The third-order valence-electron chi connectivity index (χ3n) is 3.31. The highest BCUT2D eigenvalue weighted by Gasteiger charge is 2.23. The van der Waals surface area contributed by atoms with Crippen molar-refractivity contribution in [3.05, 3.63) is 11.3 Å². The lowest BCUT2D eigenvalue weighted by molar-refractivity contribution is 0.625. The number of nitrogens with one attached hydrogen (secondary N) is 1. The minimum atomic E-state index is 0.644. The van der Waals surface area contributed by atoms with Gasteiger partial charge in [-0.05, 0) is 25.2 Å². The van der Waals surface area contributed by atoms with Crippen molar-refractivity contribution >= 4 is 5.82 Å². The van der Waals surface area contributed by atoms with E-state index in [1.807, 2.05) is 0 Å². The Kier molecular flexibility index (Phi) is 2.98. The average Bonchev–Trinajstić information content (AvgIpc) is 2.76. The van der Waals surface area contributed by atoms with Crippen molar-refractivity contribution in [2.45, 2.75) is 51.9 Å². The van der Waals surface area contributed by atoms with Gasteiger partial charge in [0, 0.05) is 17.2 Å². The summed E-state index contributed by atoms with van der Waals surface area (Å²) in [5.74, 6) is 2.04. The maximum Gasteiger partial charge on any atom is 0.148 e. The molecule has 0 aliphatic heterocycles. The topological polar surface area (TPSA) is 54.7 Å². The van der Waals surface area contributed by atoms with Crippen molar-refractivity contribution in [2.24, 2.45) is 5.92 Å². The van der Waals surface area contributed by atoms with Gasteiger partial charge in [-0.1, -0.05) is 26.7 Å². The molecule has 0 atom stereocenters. The van der Waals surface area contributed by atoms with E-state index in [9.17, 15) is 0 Å². The van der Waals surface area contributed by atoms with Gasteiger partial charge in [0.2, 0.25) is 0 Å². The van der Waals surface area contributed by atoms with Crippen molar-refractivity contribution in [3.8, 4) is 0 Å². The van der Waals surface area contributed by atoms with Crippen LogP contribution in [0.15, 0.2) is 0 Å². The van der Waals surface area contributed by atoms with Crippen molar-refractivity contribution in [3.63, 3.8) is 0 Å². The van der Waals surface area contributed by atoms with E-state index < -0.39 is 0 Å². The number of nitrogen functional groups attached to an aromatic ring is 1. The first-order valence-electron chi connectivity index (χ1n) is 6.01. The predicted octanol–water partition coefficient (Wildman–Crippen LogP) is 2.85. The van der Waals surface area contributed by atoms with Crippen LogP contribution in [-0.2, 0) is 6.42 Å². The monoisotopic (exact) mass is 207 g/mol. The first kappa shape index (κ1) is 10.5. The van der Waals surface area contributed by atoms with Gasteiger partial charge in [-0.2, -0.15) is 5.10 Å². The van der Waals surface area contributed by atoms with Crippen LogP contribution >= 0.6 is 0 Å². The second-order valence-electron chi connectivity index (χ2n) is 5.08. The molecule has 3 N–H and O–H groups in total. The van der Waals surface area contributed by atoms with E-state index in [1.165, 1.54) is 36.9 Å². The molecule has 0 radical (unpaired) electrons. The normalized spacial score (nSPS) is 17.8. The lowest BCUT2D eigenvalue weighted by Gasteiger charge is -2.11. The second kappa shape index (κ2) is 4.25. The lowest BCUT2D eigenvalue weighted by Crippen LogP contribution is -2.03. The number of hydrogen-bond donors (Lipinski definition) is 2. The Morgan fingerprint density at radius 1 is 1.40 bits per heavy atom. The van der Waals surface area contributed by atoms with E-state index in [2.05, 4.69) is 24.0 Å². The summed E-state index contributed by atoms with van der Waals surface area (Å²) in [6, 6.07) is 0. The standard InChI is InChI=1S/C12H21N3/c1-8(2)7-10-11(14-15-12(10)13)9-5-3-4-6-9/h8-9H,3-7H2,1-2H3,(H3,13,14,15). The van der Waals surface area contributed by atoms with Crippen LogP contribution in [0.2, 0.25) is 0 Å². The van der Waals surface area contributed by atoms with Gasteiger partial charge in [-0.15, -0.1) is 0 Å². The van der Waals surface area contributed by atoms with Gasteiger partial charge in [0.25, 0.3) is 0 Å². The first-order valence-corrected chi connectivity index (χ1v) is 6.01. The highest BCUT2D eigenvalue weighted by molar-refractivity contribution is 5.43. The fourth-order valence-corrected chi connectivity index (χ4v) is 2.57. The zero-order chi connectivity index (χ0) is 10.8. The summed E-state index contributed by atoms with van der Waals surface area (Å²) in [6.07, 6.45) is 6.35. The molecular formula is C12H21N3. The van der Waals surface area contributed by atoms with E-state index in [4.69, 9.17) is 5.73 Å². The summed E-state index contributed by atoms with van der Waals surface area (Å²) in [4.78, 5) is 0. The Bertz CT molecular complexity index is 322. The Morgan fingerprint density at radius 2 is 2.07 bits per heavy atom. The van der Waals surface area contributed by atoms with Gasteiger partial charge in [0.05, 0.1) is 0 Å². The largest absolute Gasteiger partial charge is 0.382 e. The molecule has 2 rings (SSSR count). The first-order chi connectivity index (χ1) is 7.18. The molecule has 1 aliphatic rings. The average molecular weight is 207 g/mol. The van der Waals surface area contributed by atoms with Crippen LogP contribution in [0.5, 0.6) is 0 Å². The van der Waals surface area contributed by atoms with E-state index >= 15 is 0 Å². The molecule has 1 aromatic rings. The van der Waals surface area contributed by atoms with E-state index in [-0.39, 0.29) is 0 Å². The minimum Gasteiger partial charge on any atom is -0.382 e. The minimum absolute atomic E-state index is 0.644. The van der Waals surface area contributed by atoms with Gasteiger partial charge < -0.3 is 5.73 Å². The molecule has 0 aromatic carbocycles. The van der Waals surface area contributed by atoms with Crippen LogP contribution in [0.1, 0.15) is 56.7 Å². The third-order valence-corrected chi connectivity index (χ3v) is 3.31. The molecule has 0 bridgehead atoms. The molecule has 15 heavy (non-hydrogen) atoms. The summed E-state index contributed by atoms with van der Waals surface area (Å²) in [5, 5.41) is 7.31. The summed E-state index contributed by atoms with van der Waals surface area (Å²) in [6.45, 7) is 4.45. The number of hydrogen-bond acceptors (Lipinski definition) is 2. The quantitative estimate of drug-likeness (QED) is 0.800. The molecule has 1 saturated carbocycles. The molecule has 1 aromatic heterocycles. The molecule has 3 heteroatoms. The van der Waals surface area contributed by atoms with Crippen molar-refractivity contribution in [1.82, 2.24) is 10.2 Å². The maximum atomic E-state index is 5.91. The van der Waals surface area contributed by atoms with Crippen molar-refractivity contribution in [2.75, 3.05) is 5.73 Å². The molecule has 1 aliphatic carbocycles. The summed E-state index contributed by atoms with van der Waals surface area (Å²) < 4.78 is 0. The SMILES string of the molecule is CC(C)Cc1c(N)n[nH]c1C1CCCC1. The Hall–Kier alpha value is -0.990. The molecule has 3 nitrogen and oxygen atoms in total. The molecule has 0 saturated heterocycles. The van der Waals surface area contributed by atoms with Crippen LogP contribution in [-0.4, -0.2) is 10.2 Å². The van der Waals surface area contributed by atoms with E-state index in [1.54, 1.807) is 0 Å². The number of nitrogens with two attached hydrogens (primary N) is 1. The smallest absolute Gasteiger partial charge is 0.148 e. The van der Waals surface area contributed by atoms with Crippen LogP contribution < -0.4 is 5.73 Å². The Labute approximate surface area is 91.4 Å². The van der Waals surface area contributed by atoms with Crippen LogP contribution in [0.4, 0.5) is 5.82 Å². The summed E-state index contributed by atoms with van der Waals surface area (Å²) in [5.41, 5.74) is 8.51. The van der Waals surface area contributed by atoms with Gasteiger partial charge in [-0.25, -0.2) is 0 Å². The van der Waals surface area contributed by atoms with Crippen LogP contribution in [0.3, 0.4) is 0 Å². The van der Waals surface area contributed by atoms with Gasteiger partial charge >= 0.3 is 0 Å². The van der Waals surface area contributed by atoms with Crippen LogP contribution in [0.25, 0.3) is 0 Å². The molecule has 0 unspecified atom stereocenters. The Balaban J connectivity index is 2.22. The highest BCUT2D eigenvalue weighted by atomic mass is 15.2. The Morgan fingerprint density at radius 3 is 2.67 bits per heavy atom. The number of nitrogens with zero attached hydrogens (tertiary/aromatic N) is 1. The number of anilines is 1. The lowest BCUT2D eigenvalue weighted by atomic mass is 9.95. The predicted molar refractivity (Wildman–Crippen MR) is 62.8 cm³/mol. The third kappa shape index (κ3) is 2.16. The fourth-order valence-electron chi connectivity index (χ4n) is 2.57. The molecular weight excluding hydrogens is 186 g/mol. The molecule has 0 amide bonds. The van der Waals surface area contributed by atoms with Gasteiger partial charge in [0.15, 0.2) is 0 Å². The molecule has 0 spiro atoms. The second-order valence-corrected chi connectivity index (χ2v) is 5.08. The zero-order valence-corrected chi connectivity index (χ0v) is 9.71. The summed E-state index contributed by atoms with van der Waals surface area (Å²) >= 11 is 0. The fraction of sp³-hybridized carbons (Fsp3) is 0.750. The number of rotatable bonds is 3. The molecule has 84 valence electrons. The number of aromatic nitrogens is 2. The van der Waals surface area contributed by atoms with Crippen molar-refractivity contribution in [1.29, 1.82) is 0 Å². The summed E-state index contributed by atoms with van der Waals surface area (Å²) in [7, 11) is 0. The molecule has 1 fully saturated rings. The zero-order valence-electron chi connectivity index (χ0n) is 9.71. The van der Waals surface area contributed by atoms with Gasteiger partial charge in [0.1, 0.15) is 5.82 Å². The van der Waals surface area contributed by atoms with Crippen molar-refractivity contribution < 1.29 is 0 Å². The van der Waals surface area contributed by atoms with E-state index in [0.29, 0.717) is 17.7 Å². The van der Waals surface area contributed by atoms with E-state index in [0.717, 1.165) is 6.42 Å². The van der Waals surface area contributed by atoms with Crippen LogP contribution in [0, 0.1) is 5.92 Å². The number of aromatic amines is 1. The molecule has 1 heterocycles.